The highest BCUT2D eigenvalue weighted by molar-refractivity contribution is 5.75. The fourth-order valence-corrected chi connectivity index (χ4v) is 3.05. The maximum Gasteiger partial charge on any atom is 0.320 e. The van der Waals surface area contributed by atoms with Crippen molar-refractivity contribution in [3.05, 3.63) is 0 Å². The highest BCUT2D eigenvalue weighted by atomic mass is 16.2. The third-order valence-electron chi connectivity index (χ3n) is 4.50. The average molecular weight is 238 g/mol. The first-order valence-electron chi connectivity index (χ1n) is 7.25. The van der Waals surface area contributed by atoms with Crippen LogP contribution in [0.15, 0.2) is 0 Å². The van der Waals surface area contributed by atoms with Crippen molar-refractivity contribution in [3.63, 3.8) is 0 Å². The summed E-state index contributed by atoms with van der Waals surface area (Å²) in [6.45, 7) is 7.37. The normalized spacial score (nSPS) is 31.2. The van der Waals surface area contributed by atoms with Crippen molar-refractivity contribution in [2.45, 2.75) is 58.4 Å². The molecule has 2 amide bonds. The molecule has 2 fully saturated rings. The van der Waals surface area contributed by atoms with E-state index >= 15 is 0 Å². The molecule has 0 aromatic rings. The Kier molecular flexibility index (Phi) is 4.30. The summed E-state index contributed by atoms with van der Waals surface area (Å²) in [5.41, 5.74) is 0. The van der Waals surface area contributed by atoms with Crippen LogP contribution in [-0.2, 0) is 0 Å². The number of carbonyl (C=O) groups is 1. The molecule has 0 aromatic carbocycles. The quantitative estimate of drug-likeness (QED) is 0.636. The monoisotopic (exact) mass is 238 g/mol. The summed E-state index contributed by atoms with van der Waals surface area (Å²) in [5.74, 6) is 0.652. The zero-order chi connectivity index (χ0) is 12.3. The lowest BCUT2D eigenvalue weighted by atomic mass is 9.92. The lowest BCUT2D eigenvalue weighted by Crippen LogP contribution is -2.52. The molecule has 2 aliphatic rings. The fourth-order valence-electron chi connectivity index (χ4n) is 3.05. The number of piperidine rings is 1. The van der Waals surface area contributed by atoms with Crippen LogP contribution in [-0.4, -0.2) is 41.5 Å². The van der Waals surface area contributed by atoms with E-state index < -0.39 is 0 Å². The Labute approximate surface area is 105 Å². The number of hydrogen-bond donors (Lipinski definition) is 0. The molecule has 0 radical (unpaired) electrons. The molecule has 2 aliphatic heterocycles. The Bertz CT molecular complexity index is 259. The zero-order valence-electron chi connectivity index (χ0n) is 11.3. The minimum atomic E-state index is 0.297. The number of amides is 2. The summed E-state index contributed by atoms with van der Waals surface area (Å²) in [4.78, 5) is 16.7. The number of urea groups is 1. The average Bonchev–Trinajstić information content (AvgIpc) is 2.60. The summed E-state index contributed by atoms with van der Waals surface area (Å²) < 4.78 is 0. The first-order valence-corrected chi connectivity index (χ1v) is 7.25. The molecule has 98 valence electrons. The first-order chi connectivity index (χ1) is 8.20. The third-order valence-corrected chi connectivity index (χ3v) is 4.50. The van der Waals surface area contributed by atoms with Gasteiger partial charge in [0.25, 0.3) is 0 Å². The van der Waals surface area contributed by atoms with Crippen LogP contribution >= 0.6 is 0 Å². The number of likely N-dealkylation sites (tertiary alicyclic amines) is 2. The molecular formula is C14H26N2O. The van der Waals surface area contributed by atoms with E-state index in [2.05, 4.69) is 23.6 Å². The summed E-state index contributed by atoms with van der Waals surface area (Å²) in [5, 5.41) is 0. The van der Waals surface area contributed by atoms with Crippen LogP contribution in [0.2, 0.25) is 0 Å². The van der Waals surface area contributed by atoms with Gasteiger partial charge in [-0.3, -0.25) is 0 Å². The van der Waals surface area contributed by atoms with Gasteiger partial charge in [0.1, 0.15) is 0 Å². The molecule has 0 saturated carbocycles. The van der Waals surface area contributed by atoms with Crippen molar-refractivity contribution in [1.82, 2.24) is 9.80 Å². The topological polar surface area (TPSA) is 23.6 Å². The highest BCUT2D eigenvalue weighted by Gasteiger charge is 2.31. The molecule has 2 atom stereocenters. The van der Waals surface area contributed by atoms with E-state index in [9.17, 15) is 4.79 Å². The second-order valence-corrected chi connectivity index (χ2v) is 5.74. The summed E-state index contributed by atoms with van der Waals surface area (Å²) in [6, 6.07) is 0.713. The maximum atomic E-state index is 12.5. The van der Waals surface area contributed by atoms with E-state index in [0.717, 1.165) is 19.6 Å². The Morgan fingerprint density at radius 1 is 0.941 bits per heavy atom. The van der Waals surface area contributed by atoms with Crippen molar-refractivity contribution in [1.29, 1.82) is 0 Å². The molecule has 0 N–H and O–H groups in total. The van der Waals surface area contributed by atoms with E-state index in [0.29, 0.717) is 18.0 Å². The Morgan fingerprint density at radius 2 is 1.59 bits per heavy atom. The maximum absolute atomic E-state index is 12.5. The molecule has 2 unspecified atom stereocenters. The summed E-state index contributed by atoms with van der Waals surface area (Å²) >= 11 is 0. The van der Waals surface area contributed by atoms with E-state index in [1.807, 2.05) is 0 Å². The van der Waals surface area contributed by atoms with Gasteiger partial charge in [-0.15, -0.1) is 0 Å². The predicted octanol–water partition coefficient (Wildman–Crippen LogP) is 3.10. The van der Waals surface area contributed by atoms with Gasteiger partial charge in [0.15, 0.2) is 0 Å². The SMILES string of the molecule is CC1CCCN(C(=O)N2CCCCCC2)C1C. The molecular weight excluding hydrogens is 212 g/mol. The van der Waals surface area contributed by atoms with Crippen molar-refractivity contribution in [3.8, 4) is 0 Å². The van der Waals surface area contributed by atoms with Gasteiger partial charge in [0, 0.05) is 25.7 Å². The van der Waals surface area contributed by atoms with Crippen LogP contribution in [0.1, 0.15) is 52.4 Å². The first kappa shape index (κ1) is 12.7. The molecule has 0 aromatic heterocycles. The molecule has 2 saturated heterocycles. The van der Waals surface area contributed by atoms with Crippen molar-refractivity contribution >= 4 is 6.03 Å². The van der Waals surface area contributed by atoms with Crippen molar-refractivity contribution in [2.75, 3.05) is 19.6 Å². The van der Waals surface area contributed by atoms with Gasteiger partial charge < -0.3 is 9.80 Å². The van der Waals surface area contributed by atoms with E-state index in [1.54, 1.807) is 0 Å². The van der Waals surface area contributed by atoms with Crippen molar-refractivity contribution < 1.29 is 4.79 Å². The molecule has 0 aliphatic carbocycles. The number of rotatable bonds is 0. The van der Waals surface area contributed by atoms with Crippen LogP contribution in [0.5, 0.6) is 0 Å². The van der Waals surface area contributed by atoms with Crippen LogP contribution in [0.4, 0.5) is 4.79 Å². The lowest BCUT2D eigenvalue weighted by molar-refractivity contribution is 0.0995. The minimum absolute atomic E-state index is 0.297. The van der Waals surface area contributed by atoms with Gasteiger partial charge in [0.05, 0.1) is 0 Å². The second kappa shape index (κ2) is 5.74. The summed E-state index contributed by atoms with van der Waals surface area (Å²) in [6.07, 6.45) is 7.38. The highest BCUT2D eigenvalue weighted by Crippen LogP contribution is 2.24. The van der Waals surface area contributed by atoms with Gasteiger partial charge >= 0.3 is 6.03 Å². The van der Waals surface area contributed by atoms with Gasteiger partial charge in [-0.2, -0.15) is 0 Å². The number of hydrogen-bond acceptors (Lipinski definition) is 1. The minimum Gasteiger partial charge on any atom is -0.325 e. The Hall–Kier alpha value is -0.730. The molecule has 2 rings (SSSR count). The number of carbonyl (C=O) groups excluding carboxylic acids is 1. The fraction of sp³-hybridized carbons (Fsp3) is 0.929. The smallest absolute Gasteiger partial charge is 0.320 e. The van der Waals surface area contributed by atoms with Crippen molar-refractivity contribution in [2.24, 2.45) is 5.92 Å². The lowest BCUT2D eigenvalue weighted by Gasteiger charge is -2.40. The molecule has 0 bridgehead atoms. The third kappa shape index (κ3) is 2.93. The largest absolute Gasteiger partial charge is 0.325 e. The van der Waals surface area contributed by atoms with Gasteiger partial charge in [-0.05, 0) is 38.5 Å². The molecule has 17 heavy (non-hydrogen) atoms. The van der Waals surface area contributed by atoms with Crippen LogP contribution in [0, 0.1) is 5.92 Å². The molecule has 3 heteroatoms. The Morgan fingerprint density at radius 3 is 2.24 bits per heavy atom. The van der Waals surface area contributed by atoms with Crippen LogP contribution in [0.3, 0.4) is 0 Å². The Balaban J connectivity index is 1.97. The van der Waals surface area contributed by atoms with E-state index in [-0.39, 0.29) is 0 Å². The number of nitrogens with zero attached hydrogens (tertiary/aromatic N) is 2. The molecule has 3 nitrogen and oxygen atoms in total. The van der Waals surface area contributed by atoms with Crippen LogP contribution < -0.4 is 0 Å². The predicted molar refractivity (Wildman–Crippen MR) is 70.0 cm³/mol. The summed E-state index contributed by atoms with van der Waals surface area (Å²) in [7, 11) is 0. The van der Waals surface area contributed by atoms with Crippen LogP contribution in [0.25, 0.3) is 0 Å². The second-order valence-electron chi connectivity index (χ2n) is 5.74. The van der Waals surface area contributed by atoms with Gasteiger partial charge in [-0.1, -0.05) is 19.8 Å². The van der Waals surface area contributed by atoms with E-state index in [1.165, 1.54) is 38.5 Å². The standard InChI is InChI=1S/C14H26N2O/c1-12-8-7-11-16(13(12)2)14(17)15-9-5-3-4-6-10-15/h12-13H,3-11H2,1-2H3. The molecule has 0 spiro atoms. The van der Waals surface area contributed by atoms with E-state index in [4.69, 9.17) is 0 Å². The zero-order valence-corrected chi connectivity index (χ0v) is 11.3. The molecule has 2 heterocycles. The van der Waals surface area contributed by atoms with Gasteiger partial charge in [-0.25, -0.2) is 4.79 Å². The van der Waals surface area contributed by atoms with Gasteiger partial charge in [0.2, 0.25) is 0 Å².